The molecule has 0 aliphatic rings. The number of nitrogens with zero attached hydrogens (tertiary/aromatic N) is 2. The van der Waals surface area contributed by atoms with Crippen molar-refractivity contribution in [2.45, 2.75) is 39.5 Å². The Morgan fingerprint density at radius 3 is 1.56 bits per heavy atom. The molecule has 2 aromatic heterocycles. The van der Waals surface area contributed by atoms with E-state index < -0.39 is 18.0 Å². The molecule has 1 atom stereocenters. The number of hydrogen-bond donors (Lipinski definition) is 4. The summed E-state index contributed by atoms with van der Waals surface area (Å²) >= 11 is 0. The summed E-state index contributed by atoms with van der Waals surface area (Å²) in [4.78, 5) is 52.5. The van der Waals surface area contributed by atoms with Crippen LogP contribution in [0.4, 0.5) is 0 Å². The maximum Gasteiger partial charge on any atom is 0.335 e. The van der Waals surface area contributed by atoms with Gasteiger partial charge < -0.3 is 30.7 Å². The van der Waals surface area contributed by atoms with Gasteiger partial charge in [-0.1, -0.05) is 97.1 Å². The molecule has 0 aliphatic carbocycles. The van der Waals surface area contributed by atoms with Gasteiger partial charge >= 0.3 is 11.9 Å². The number of para-hydroxylation sites is 2. The van der Waals surface area contributed by atoms with Gasteiger partial charge in [0, 0.05) is 24.6 Å². The maximum absolute atomic E-state index is 11.8. The van der Waals surface area contributed by atoms with Crippen molar-refractivity contribution in [3.63, 3.8) is 0 Å². The number of aromatic nitrogens is 2. The minimum atomic E-state index is -0.991. The van der Waals surface area contributed by atoms with E-state index in [1.807, 2.05) is 127 Å². The molecule has 0 spiro atoms. The number of aromatic carboxylic acids is 2. The summed E-state index contributed by atoms with van der Waals surface area (Å²) in [6.45, 7) is 3.49. The minimum absolute atomic E-state index is 0.181. The van der Waals surface area contributed by atoms with Crippen LogP contribution in [0, 0.1) is 0 Å². The van der Waals surface area contributed by atoms with Gasteiger partial charge in [-0.2, -0.15) is 0 Å². The van der Waals surface area contributed by atoms with Gasteiger partial charge in [-0.05, 0) is 101 Å². The smallest absolute Gasteiger partial charge is 0.335 e. The molecule has 0 bridgehead atoms. The Balaban J connectivity index is 0.000000198. The molecule has 322 valence electrons. The van der Waals surface area contributed by atoms with Crippen LogP contribution in [0.15, 0.2) is 170 Å². The number of amides is 2. The summed E-state index contributed by atoms with van der Waals surface area (Å²) in [5.41, 5.74) is 12.2. The SMILES string of the molecule is CC(=O)NC(c1ccc(OCc2ccc3ccccc3n2)cc1)c1ccc(C(=O)O)cc1.CC(N)=O.O=C(O)c1cccc(Cc2cccc(OCc3ccc4ccccc4n3)c2)c1. The first-order chi connectivity index (χ1) is 30.9. The Kier molecular flexibility index (Phi) is 15.5. The number of rotatable bonds is 13. The van der Waals surface area contributed by atoms with Crippen molar-refractivity contribution in [1.82, 2.24) is 15.3 Å². The Bertz CT molecular complexity index is 2880. The van der Waals surface area contributed by atoms with E-state index in [0.29, 0.717) is 30.9 Å². The summed E-state index contributed by atoms with van der Waals surface area (Å²) in [6, 6.07) is 52.3. The normalized spacial score (nSPS) is 10.9. The van der Waals surface area contributed by atoms with E-state index in [-0.39, 0.29) is 17.4 Å². The third kappa shape index (κ3) is 13.3. The number of carbonyl (C=O) groups is 4. The second-order valence-electron chi connectivity index (χ2n) is 14.6. The van der Waals surface area contributed by atoms with Crippen LogP contribution in [0.1, 0.15) is 74.2 Å². The van der Waals surface area contributed by atoms with Crippen molar-refractivity contribution in [3.05, 3.63) is 215 Å². The van der Waals surface area contributed by atoms with E-state index >= 15 is 0 Å². The first kappa shape index (κ1) is 45.2. The Morgan fingerprint density at radius 2 is 1.03 bits per heavy atom. The first-order valence-corrected chi connectivity index (χ1v) is 20.2. The summed E-state index contributed by atoms with van der Waals surface area (Å²) in [5, 5.41) is 23.4. The van der Waals surface area contributed by atoms with Crippen molar-refractivity contribution in [2.24, 2.45) is 5.73 Å². The van der Waals surface area contributed by atoms with Crippen LogP contribution in [0.2, 0.25) is 0 Å². The summed E-state index contributed by atoms with van der Waals surface area (Å²) in [7, 11) is 0. The number of benzene rings is 6. The molecule has 1 unspecified atom stereocenters. The maximum atomic E-state index is 11.8. The molecule has 2 heterocycles. The molecule has 0 saturated carbocycles. The highest BCUT2D eigenvalue weighted by Gasteiger charge is 2.16. The zero-order chi connectivity index (χ0) is 45.4. The summed E-state index contributed by atoms with van der Waals surface area (Å²) in [6.07, 6.45) is 0.645. The van der Waals surface area contributed by atoms with Gasteiger partial charge in [0.1, 0.15) is 24.7 Å². The van der Waals surface area contributed by atoms with Gasteiger partial charge in [0.15, 0.2) is 0 Å². The van der Waals surface area contributed by atoms with Gasteiger partial charge in [-0.25, -0.2) is 19.6 Å². The van der Waals surface area contributed by atoms with Crippen molar-refractivity contribution in [2.75, 3.05) is 0 Å². The predicted octanol–water partition coefficient (Wildman–Crippen LogP) is 9.33. The zero-order valence-corrected chi connectivity index (χ0v) is 35.2. The minimum Gasteiger partial charge on any atom is -0.487 e. The molecule has 0 fully saturated rings. The topological polar surface area (TPSA) is 191 Å². The van der Waals surface area contributed by atoms with Crippen molar-refractivity contribution >= 4 is 45.6 Å². The molecule has 8 aromatic rings. The van der Waals surface area contributed by atoms with E-state index in [9.17, 15) is 19.2 Å². The molecular weight excluding hydrogens is 809 g/mol. The molecule has 12 nitrogen and oxygen atoms in total. The van der Waals surface area contributed by atoms with E-state index in [1.165, 1.54) is 26.0 Å². The first-order valence-electron chi connectivity index (χ1n) is 20.2. The lowest BCUT2D eigenvalue weighted by Gasteiger charge is -2.19. The van der Waals surface area contributed by atoms with Gasteiger partial charge in [0.25, 0.3) is 0 Å². The summed E-state index contributed by atoms with van der Waals surface area (Å²) in [5.74, 6) is -0.967. The number of nitrogens with one attached hydrogen (secondary N) is 1. The highest BCUT2D eigenvalue weighted by molar-refractivity contribution is 5.88. The number of carbonyl (C=O) groups excluding carboxylic acids is 2. The standard InChI is InChI=1S/C26H22N2O4.C24H19NO3.C2H5NO/c1-17(29)27-25(19-6-8-21(9-7-19)26(30)31)20-11-14-23(15-12-20)32-16-22-13-10-18-4-2-3-5-24(18)28-22;26-24(27)20-8-3-5-17(14-20)13-18-6-4-9-22(15-18)28-16-21-12-11-19-7-1-2-10-23(19)25-21;1-2(3)4/h2-15,25H,16H2,1H3,(H,27,29)(H,30,31);1-12,14-15H,13,16H2,(H,26,27);1H3,(H2,3,4). The number of ether oxygens (including phenoxy) is 2. The molecule has 0 aliphatic heterocycles. The van der Waals surface area contributed by atoms with Crippen molar-refractivity contribution < 1.29 is 38.9 Å². The third-order valence-electron chi connectivity index (χ3n) is 9.62. The molecule has 0 saturated heterocycles. The van der Waals surface area contributed by atoms with E-state index in [2.05, 4.69) is 21.0 Å². The number of fused-ring (bicyclic) bond motifs is 2. The van der Waals surface area contributed by atoms with Crippen molar-refractivity contribution in [1.29, 1.82) is 0 Å². The highest BCUT2D eigenvalue weighted by atomic mass is 16.5. The Morgan fingerprint density at radius 1 is 0.547 bits per heavy atom. The second-order valence-corrected chi connectivity index (χ2v) is 14.6. The molecule has 8 rings (SSSR count). The molecule has 64 heavy (non-hydrogen) atoms. The third-order valence-corrected chi connectivity index (χ3v) is 9.62. The quantitative estimate of drug-likeness (QED) is 0.0869. The average Bonchev–Trinajstić information content (AvgIpc) is 3.30. The number of hydrogen-bond acceptors (Lipinski definition) is 8. The number of carboxylic acids is 2. The van der Waals surface area contributed by atoms with Crippen molar-refractivity contribution in [3.8, 4) is 11.5 Å². The van der Waals surface area contributed by atoms with E-state index in [4.69, 9.17) is 19.7 Å². The molecular formula is C52H46N4O8. The van der Waals surface area contributed by atoms with E-state index in [0.717, 1.165) is 61.2 Å². The zero-order valence-electron chi connectivity index (χ0n) is 35.2. The van der Waals surface area contributed by atoms with Crippen LogP contribution in [0.3, 0.4) is 0 Å². The number of carboxylic acid groups (broad SMARTS) is 2. The fraction of sp³-hybridized carbons (Fsp3) is 0.115. The highest BCUT2D eigenvalue weighted by Crippen LogP contribution is 2.26. The van der Waals surface area contributed by atoms with Gasteiger partial charge in [-0.3, -0.25) is 9.59 Å². The number of nitrogens with two attached hydrogens (primary N) is 1. The molecule has 2 amide bonds. The molecule has 12 heteroatoms. The van der Waals surface area contributed by atoms with Crippen LogP contribution in [-0.2, 0) is 29.2 Å². The fourth-order valence-electron chi connectivity index (χ4n) is 6.62. The molecule has 5 N–H and O–H groups in total. The lowest BCUT2D eigenvalue weighted by Crippen LogP contribution is -2.26. The van der Waals surface area contributed by atoms with Crippen LogP contribution in [0.25, 0.3) is 21.8 Å². The fourth-order valence-corrected chi connectivity index (χ4v) is 6.62. The Hall–Kier alpha value is -8.38. The number of primary amides is 1. The van der Waals surface area contributed by atoms with E-state index in [1.54, 1.807) is 30.3 Å². The predicted molar refractivity (Wildman–Crippen MR) is 245 cm³/mol. The number of pyridine rings is 2. The molecule has 6 aromatic carbocycles. The summed E-state index contributed by atoms with van der Waals surface area (Å²) < 4.78 is 11.8. The lowest BCUT2D eigenvalue weighted by molar-refractivity contribution is -0.119. The van der Waals surface area contributed by atoms with Gasteiger partial charge in [0.05, 0.1) is 39.6 Å². The van der Waals surface area contributed by atoms with Crippen LogP contribution >= 0.6 is 0 Å². The van der Waals surface area contributed by atoms with Gasteiger partial charge in [-0.15, -0.1) is 0 Å². The average molecular weight is 855 g/mol. The van der Waals surface area contributed by atoms with Crippen LogP contribution in [-0.4, -0.2) is 43.9 Å². The lowest BCUT2D eigenvalue weighted by atomic mass is 9.97. The van der Waals surface area contributed by atoms with Crippen LogP contribution < -0.4 is 20.5 Å². The monoisotopic (exact) mass is 854 g/mol. The van der Waals surface area contributed by atoms with Crippen LogP contribution in [0.5, 0.6) is 11.5 Å². The Labute approximate surface area is 370 Å². The van der Waals surface area contributed by atoms with Gasteiger partial charge in [0.2, 0.25) is 11.8 Å². The second kappa shape index (κ2) is 21.9. The molecule has 0 radical (unpaired) electrons. The largest absolute Gasteiger partial charge is 0.487 e.